The van der Waals surface area contributed by atoms with E-state index in [2.05, 4.69) is 14.9 Å². The minimum Gasteiger partial charge on any atom is -0.465 e. The van der Waals surface area contributed by atoms with Gasteiger partial charge in [0.05, 0.1) is 23.4 Å². The van der Waals surface area contributed by atoms with Crippen molar-refractivity contribution < 1.29 is 14.5 Å². The molecular weight excluding hydrogens is 498 g/mol. The van der Waals surface area contributed by atoms with Crippen molar-refractivity contribution >= 4 is 39.9 Å². The third-order valence-electron chi connectivity index (χ3n) is 6.64. The van der Waals surface area contributed by atoms with E-state index in [4.69, 9.17) is 9.72 Å². The Balaban J connectivity index is 1.78. The van der Waals surface area contributed by atoms with E-state index >= 15 is 0 Å². The second kappa shape index (κ2) is 11.5. The van der Waals surface area contributed by atoms with Crippen molar-refractivity contribution in [3.05, 3.63) is 70.0 Å². The summed E-state index contributed by atoms with van der Waals surface area (Å²) < 4.78 is 7.09. The number of esters is 1. The van der Waals surface area contributed by atoms with E-state index in [0.717, 1.165) is 35.1 Å². The van der Waals surface area contributed by atoms with Gasteiger partial charge in [-0.3, -0.25) is 10.1 Å². The standard InChI is InChI=1S/C28H33N7O4/c1-7-34-17-21(19-10-8-9-11-23(19)34)26-20(27(36)39-6)16-29-28(31-26)30-22-15-25(35(37)38)24(14-18(22)2)33(5)13-12-32(3)4/h8-11,14-17H,7,12-13H2,1-6H3,(H,29,30,31). The highest BCUT2D eigenvalue weighted by atomic mass is 16.6. The molecule has 2 aromatic heterocycles. The first kappa shape index (κ1) is 27.5. The number of aryl methyl sites for hydroxylation is 2. The van der Waals surface area contributed by atoms with Gasteiger partial charge in [0, 0.05) is 61.6 Å². The molecule has 11 nitrogen and oxygen atoms in total. The van der Waals surface area contributed by atoms with Crippen molar-refractivity contribution in [2.45, 2.75) is 20.4 Å². The van der Waals surface area contributed by atoms with E-state index in [0.29, 0.717) is 23.6 Å². The molecule has 0 radical (unpaired) electrons. The van der Waals surface area contributed by atoms with Gasteiger partial charge in [0.2, 0.25) is 5.95 Å². The van der Waals surface area contributed by atoms with E-state index in [1.54, 1.807) is 6.07 Å². The zero-order valence-corrected chi connectivity index (χ0v) is 23.1. The van der Waals surface area contributed by atoms with E-state index in [9.17, 15) is 14.9 Å². The van der Waals surface area contributed by atoms with Crippen LogP contribution in [0.15, 0.2) is 48.8 Å². The predicted octanol–water partition coefficient (Wildman–Crippen LogP) is 4.86. The fourth-order valence-corrected chi connectivity index (χ4v) is 4.46. The fraction of sp³-hybridized carbons (Fsp3) is 0.321. The van der Waals surface area contributed by atoms with Crippen LogP contribution >= 0.6 is 0 Å². The van der Waals surface area contributed by atoms with Gasteiger partial charge in [-0.2, -0.15) is 0 Å². The molecule has 204 valence electrons. The van der Waals surface area contributed by atoms with Crippen LogP contribution in [-0.4, -0.2) is 71.7 Å². The maximum atomic E-state index is 12.6. The van der Waals surface area contributed by atoms with Crippen LogP contribution in [0.5, 0.6) is 0 Å². The average Bonchev–Trinajstić information content (AvgIpc) is 3.30. The highest BCUT2D eigenvalue weighted by Crippen LogP contribution is 2.36. The number of carbonyl (C=O) groups is 1. The third-order valence-corrected chi connectivity index (χ3v) is 6.64. The van der Waals surface area contributed by atoms with Crippen molar-refractivity contribution in [2.75, 3.05) is 51.6 Å². The SMILES string of the molecule is CCn1cc(-c2nc(Nc3cc([N+](=O)[O-])c(N(C)CCN(C)C)cc3C)ncc2C(=O)OC)c2ccccc21. The predicted molar refractivity (Wildman–Crippen MR) is 153 cm³/mol. The number of fused-ring (bicyclic) bond motifs is 1. The molecule has 0 bridgehead atoms. The number of aromatic nitrogens is 3. The number of benzene rings is 2. The third kappa shape index (κ3) is 5.68. The van der Waals surface area contributed by atoms with Crippen molar-refractivity contribution in [1.29, 1.82) is 0 Å². The minimum atomic E-state index is -0.554. The van der Waals surface area contributed by atoms with Crippen molar-refractivity contribution in [2.24, 2.45) is 0 Å². The van der Waals surface area contributed by atoms with Gasteiger partial charge >= 0.3 is 5.97 Å². The Labute approximate surface area is 227 Å². The summed E-state index contributed by atoms with van der Waals surface area (Å²) in [5, 5.41) is 16.1. The second-order valence-electron chi connectivity index (χ2n) is 9.56. The number of para-hydroxylation sites is 1. The second-order valence-corrected chi connectivity index (χ2v) is 9.56. The van der Waals surface area contributed by atoms with Gasteiger partial charge < -0.3 is 24.4 Å². The first-order valence-electron chi connectivity index (χ1n) is 12.6. The number of hydrogen-bond acceptors (Lipinski definition) is 9. The number of carbonyl (C=O) groups excluding carboxylic acids is 1. The highest BCUT2D eigenvalue weighted by Gasteiger charge is 2.23. The summed E-state index contributed by atoms with van der Waals surface area (Å²) in [4.78, 5) is 37.2. The molecule has 1 N–H and O–H groups in total. The van der Waals surface area contributed by atoms with Crippen molar-refractivity contribution in [1.82, 2.24) is 19.4 Å². The van der Waals surface area contributed by atoms with E-state index < -0.39 is 10.9 Å². The van der Waals surface area contributed by atoms with Crippen LogP contribution in [0.2, 0.25) is 0 Å². The molecule has 0 amide bonds. The van der Waals surface area contributed by atoms with Gasteiger partial charge in [-0.1, -0.05) is 18.2 Å². The molecule has 4 rings (SSSR count). The topological polar surface area (TPSA) is 119 Å². The van der Waals surface area contributed by atoms with Gasteiger partial charge in [-0.15, -0.1) is 0 Å². The smallest absolute Gasteiger partial charge is 0.341 e. The number of ether oxygens (including phenoxy) is 1. The molecule has 0 aliphatic heterocycles. The van der Waals surface area contributed by atoms with Crippen molar-refractivity contribution in [3.8, 4) is 11.3 Å². The molecule has 0 saturated heterocycles. The molecular formula is C28H33N7O4. The fourth-order valence-electron chi connectivity index (χ4n) is 4.46. The van der Waals surface area contributed by atoms with Gasteiger partial charge in [0.1, 0.15) is 11.3 Å². The Bertz CT molecular complexity index is 1530. The van der Waals surface area contributed by atoms with Gasteiger partial charge in [0.15, 0.2) is 0 Å². The molecule has 11 heteroatoms. The molecule has 2 aromatic carbocycles. The van der Waals surface area contributed by atoms with Crippen molar-refractivity contribution in [3.63, 3.8) is 0 Å². The van der Waals surface area contributed by atoms with Crippen LogP contribution in [0, 0.1) is 17.0 Å². The molecule has 0 aliphatic rings. The Morgan fingerprint density at radius 1 is 1.18 bits per heavy atom. The normalized spacial score (nSPS) is 11.2. The van der Waals surface area contributed by atoms with Crippen LogP contribution in [0.3, 0.4) is 0 Å². The summed E-state index contributed by atoms with van der Waals surface area (Å²) in [7, 11) is 7.07. The lowest BCUT2D eigenvalue weighted by Gasteiger charge is -2.22. The first-order valence-corrected chi connectivity index (χ1v) is 12.6. The van der Waals surface area contributed by atoms with E-state index in [1.165, 1.54) is 19.4 Å². The molecule has 0 spiro atoms. The lowest BCUT2D eigenvalue weighted by molar-refractivity contribution is -0.384. The zero-order chi connectivity index (χ0) is 28.3. The van der Waals surface area contributed by atoms with Gasteiger partial charge in [-0.05, 0) is 45.6 Å². The van der Waals surface area contributed by atoms with Gasteiger partial charge in [0.25, 0.3) is 5.69 Å². The highest BCUT2D eigenvalue weighted by molar-refractivity contribution is 6.03. The van der Waals surface area contributed by atoms with E-state index in [1.807, 2.05) is 75.3 Å². The zero-order valence-electron chi connectivity index (χ0n) is 23.1. The van der Waals surface area contributed by atoms with Crippen LogP contribution in [0.25, 0.3) is 22.2 Å². The lowest BCUT2D eigenvalue weighted by atomic mass is 10.1. The number of methoxy groups -OCH3 is 1. The maximum Gasteiger partial charge on any atom is 0.341 e. The summed E-state index contributed by atoms with van der Waals surface area (Å²) >= 11 is 0. The molecule has 2 heterocycles. The summed E-state index contributed by atoms with van der Waals surface area (Å²) in [6, 6.07) is 11.2. The Morgan fingerprint density at radius 3 is 2.59 bits per heavy atom. The number of nitrogens with one attached hydrogen (secondary N) is 1. The average molecular weight is 532 g/mol. The summed E-state index contributed by atoms with van der Waals surface area (Å²) in [5.41, 5.74) is 4.20. The number of nitro benzene ring substituents is 1. The van der Waals surface area contributed by atoms with Crippen LogP contribution in [-0.2, 0) is 11.3 Å². The van der Waals surface area contributed by atoms with Crippen LogP contribution in [0.4, 0.5) is 23.0 Å². The first-order chi connectivity index (χ1) is 18.6. The summed E-state index contributed by atoms with van der Waals surface area (Å²) in [6.45, 7) is 6.04. The number of rotatable bonds is 10. The number of likely N-dealkylation sites (N-methyl/N-ethyl adjacent to an activating group) is 2. The Kier molecular flexibility index (Phi) is 8.10. The quantitative estimate of drug-likeness (QED) is 0.174. The Hall–Kier alpha value is -4.51. The number of anilines is 3. The Morgan fingerprint density at radius 2 is 1.92 bits per heavy atom. The van der Waals surface area contributed by atoms with Crippen LogP contribution < -0.4 is 10.2 Å². The molecule has 0 atom stereocenters. The lowest BCUT2D eigenvalue weighted by Crippen LogP contribution is -2.29. The maximum absolute atomic E-state index is 12.6. The van der Waals surface area contributed by atoms with E-state index in [-0.39, 0.29) is 17.2 Å². The number of nitro groups is 1. The number of hydrogen-bond donors (Lipinski definition) is 1. The molecule has 39 heavy (non-hydrogen) atoms. The minimum absolute atomic E-state index is 0.0261. The monoisotopic (exact) mass is 531 g/mol. The molecule has 0 saturated carbocycles. The van der Waals surface area contributed by atoms with Gasteiger partial charge in [-0.25, -0.2) is 14.8 Å². The molecule has 0 aliphatic carbocycles. The largest absolute Gasteiger partial charge is 0.465 e. The molecule has 4 aromatic rings. The summed E-state index contributed by atoms with van der Waals surface area (Å²) in [6.07, 6.45) is 3.37. The number of nitrogens with zero attached hydrogens (tertiary/aromatic N) is 6. The van der Waals surface area contributed by atoms with Crippen LogP contribution in [0.1, 0.15) is 22.8 Å². The molecule has 0 unspecified atom stereocenters. The summed E-state index contributed by atoms with van der Waals surface area (Å²) in [5.74, 6) is -0.348. The molecule has 0 fully saturated rings.